The molecule has 2 aromatic heterocycles. The monoisotopic (exact) mass is 530 g/mol. The lowest BCUT2D eigenvalue weighted by atomic mass is 10.1. The molecule has 0 atom stereocenters. The van der Waals surface area contributed by atoms with Gasteiger partial charge in [-0.1, -0.05) is 23.2 Å². The molecule has 4 rings (SSSR count). The van der Waals surface area contributed by atoms with E-state index in [1.54, 1.807) is 18.3 Å². The van der Waals surface area contributed by atoms with Crippen molar-refractivity contribution in [2.75, 3.05) is 16.2 Å². The van der Waals surface area contributed by atoms with Crippen LogP contribution in [0.5, 0.6) is 0 Å². The van der Waals surface area contributed by atoms with E-state index in [1.165, 1.54) is 11.1 Å². The quantitative estimate of drug-likeness (QED) is 0.500. The lowest BCUT2D eigenvalue weighted by molar-refractivity contribution is -0.137. The van der Waals surface area contributed by atoms with E-state index in [0.717, 1.165) is 18.2 Å². The molecular weight excluding hydrogens is 516 g/mol. The normalized spacial score (nSPS) is 14.0. The maximum absolute atomic E-state index is 13.3. The van der Waals surface area contributed by atoms with Gasteiger partial charge in [-0.15, -0.1) is 0 Å². The van der Waals surface area contributed by atoms with Crippen LogP contribution in [0.4, 0.5) is 24.5 Å². The van der Waals surface area contributed by atoms with Gasteiger partial charge in [-0.25, -0.2) is 13.4 Å². The number of carbonyl (C=O) groups excluding carboxylic acids is 1. The Kier molecular flexibility index (Phi) is 6.45. The molecule has 0 saturated carbocycles. The largest absolute Gasteiger partial charge is 0.417 e. The van der Waals surface area contributed by atoms with Crippen molar-refractivity contribution in [1.29, 1.82) is 0 Å². The highest BCUT2D eigenvalue weighted by molar-refractivity contribution is 7.92. The molecule has 1 N–H and O–H groups in total. The predicted octanol–water partition coefficient (Wildman–Crippen LogP) is 5.20. The summed E-state index contributed by atoms with van der Waals surface area (Å²) in [7, 11) is -4.57. The zero-order chi connectivity index (χ0) is 24.7. The number of sulfonamides is 1. The first-order valence-electron chi connectivity index (χ1n) is 9.78. The first-order valence-corrected chi connectivity index (χ1v) is 12.0. The second-order valence-corrected chi connectivity index (χ2v) is 9.85. The fourth-order valence-electron chi connectivity index (χ4n) is 3.51. The highest BCUT2D eigenvalue weighted by atomic mass is 35.5. The first-order chi connectivity index (χ1) is 16.0. The number of alkyl halides is 3. The summed E-state index contributed by atoms with van der Waals surface area (Å²) < 4.78 is 67.6. The summed E-state index contributed by atoms with van der Waals surface area (Å²) in [6.07, 6.45) is -0.781. The van der Waals surface area contributed by atoms with Gasteiger partial charge in [0.1, 0.15) is 0 Å². The molecular formula is C21H15Cl2F3N4O3S. The molecule has 1 aliphatic rings. The number of nitrogens with one attached hydrogen (secondary N) is 1. The maximum atomic E-state index is 13.3. The van der Waals surface area contributed by atoms with E-state index < -0.39 is 37.6 Å². The molecule has 0 saturated heterocycles. The van der Waals surface area contributed by atoms with Gasteiger partial charge >= 0.3 is 6.18 Å². The van der Waals surface area contributed by atoms with Gasteiger partial charge in [0.2, 0.25) is 0 Å². The molecule has 3 heterocycles. The molecule has 3 aromatic rings. The third-order valence-electron chi connectivity index (χ3n) is 5.05. The molecule has 0 fully saturated rings. The van der Waals surface area contributed by atoms with Crippen molar-refractivity contribution in [3.63, 3.8) is 0 Å². The summed E-state index contributed by atoms with van der Waals surface area (Å²) in [6.45, 7) is 0.347. The Bertz CT molecular complexity index is 1380. The second-order valence-electron chi connectivity index (χ2n) is 7.32. The molecule has 0 radical (unpaired) electrons. The number of benzene rings is 1. The van der Waals surface area contributed by atoms with Gasteiger partial charge in [-0.05, 0) is 49.2 Å². The number of hydrogen-bond donors (Lipinski definition) is 1. The molecule has 13 heteroatoms. The van der Waals surface area contributed by atoms with Crippen molar-refractivity contribution in [3.8, 4) is 0 Å². The van der Waals surface area contributed by atoms with Crippen LogP contribution in [-0.2, 0) is 22.6 Å². The van der Waals surface area contributed by atoms with Crippen molar-refractivity contribution in [1.82, 2.24) is 9.97 Å². The topological polar surface area (TPSA) is 92.3 Å². The highest BCUT2D eigenvalue weighted by Gasteiger charge is 2.35. The maximum Gasteiger partial charge on any atom is 0.417 e. The Morgan fingerprint density at radius 3 is 2.62 bits per heavy atom. The van der Waals surface area contributed by atoms with Crippen LogP contribution in [0.1, 0.15) is 28.2 Å². The van der Waals surface area contributed by atoms with Crippen molar-refractivity contribution >= 4 is 50.5 Å². The summed E-state index contributed by atoms with van der Waals surface area (Å²) in [5.41, 5.74) is -0.586. The summed E-state index contributed by atoms with van der Waals surface area (Å²) >= 11 is 11.6. The molecule has 0 aliphatic carbocycles. The van der Waals surface area contributed by atoms with Crippen LogP contribution in [-0.4, -0.2) is 30.8 Å². The number of halogens is 5. The SMILES string of the molecule is O=C(c1ncc(Cl)cc1NS(=O)(=O)c1ccc(Cl)c(C(F)(F)F)c1)N1CCCc2ncccc21. The Balaban J connectivity index is 1.72. The average molecular weight is 531 g/mol. The van der Waals surface area contributed by atoms with Gasteiger partial charge in [-0.2, -0.15) is 13.2 Å². The molecule has 1 aromatic carbocycles. The number of nitrogens with zero attached hydrogens (tertiary/aromatic N) is 3. The van der Waals surface area contributed by atoms with Gasteiger partial charge in [0.05, 0.1) is 37.6 Å². The zero-order valence-electron chi connectivity index (χ0n) is 17.1. The minimum absolute atomic E-state index is 0.0158. The van der Waals surface area contributed by atoms with Gasteiger partial charge in [-0.3, -0.25) is 14.5 Å². The minimum atomic E-state index is -4.86. The van der Waals surface area contributed by atoms with Crippen LogP contribution in [0.15, 0.2) is 53.7 Å². The number of carbonyl (C=O) groups is 1. The highest BCUT2D eigenvalue weighted by Crippen LogP contribution is 2.36. The standard InChI is InChI=1S/C21H15Cl2F3N4O3S/c22-12-9-17(29-34(32,33)13-5-6-15(23)14(10-13)21(24,25)26)19(28-11-12)20(31)30-8-2-3-16-18(30)4-1-7-27-16/h1,4-7,9-11,29H,2-3,8H2. The Hall–Kier alpha value is -2.89. The third-order valence-corrected chi connectivity index (χ3v) is 6.95. The summed E-state index contributed by atoms with van der Waals surface area (Å²) in [5.74, 6) is -0.615. The van der Waals surface area contributed by atoms with Crippen molar-refractivity contribution < 1.29 is 26.4 Å². The molecule has 0 spiro atoms. The molecule has 0 bridgehead atoms. The van der Waals surface area contributed by atoms with Gasteiger partial charge in [0.25, 0.3) is 15.9 Å². The molecule has 0 unspecified atom stereocenters. The molecule has 178 valence electrons. The van der Waals surface area contributed by atoms with E-state index in [4.69, 9.17) is 23.2 Å². The fourth-order valence-corrected chi connectivity index (χ4v) is 4.98. The molecule has 1 aliphatic heterocycles. The van der Waals surface area contributed by atoms with Crippen molar-refractivity contribution in [2.24, 2.45) is 0 Å². The third kappa shape index (κ3) is 4.82. The molecule has 1 amide bonds. The number of pyridine rings is 2. The van der Waals surface area contributed by atoms with Crippen LogP contribution in [0.2, 0.25) is 10.0 Å². The number of rotatable bonds is 4. The van der Waals surface area contributed by atoms with E-state index in [2.05, 4.69) is 14.7 Å². The summed E-state index contributed by atoms with van der Waals surface area (Å²) in [6, 6.07) is 6.71. The number of hydrogen-bond acceptors (Lipinski definition) is 5. The number of amides is 1. The Labute approximate surface area is 202 Å². The van der Waals surface area contributed by atoms with Crippen LogP contribution in [0.25, 0.3) is 0 Å². The number of aryl methyl sites for hydroxylation is 1. The van der Waals surface area contributed by atoms with Crippen LogP contribution < -0.4 is 9.62 Å². The molecule has 34 heavy (non-hydrogen) atoms. The van der Waals surface area contributed by atoms with Crippen LogP contribution in [0.3, 0.4) is 0 Å². The average Bonchev–Trinajstić information content (AvgIpc) is 2.77. The summed E-state index contributed by atoms with van der Waals surface area (Å²) in [5, 5.41) is -0.633. The number of anilines is 2. The Morgan fingerprint density at radius 2 is 1.88 bits per heavy atom. The molecule has 7 nitrogen and oxygen atoms in total. The zero-order valence-corrected chi connectivity index (χ0v) is 19.4. The smallest absolute Gasteiger partial charge is 0.305 e. The first kappa shape index (κ1) is 24.2. The summed E-state index contributed by atoms with van der Waals surface area (Å²) in [4.78, 5) is 22.3. The Morgan fingerprint density at radius 1 is 1.12 bits per heavy atom. The lowest BCUT2D eigenvalue weighted by Gasteiger charge is -2.28. The van der Waals surface area contributed by atoms with Crippen LogP contribution in [0, 0.1) is 0 Å². The van der Waals surface area contributed by atoms with E-state index >= 15 is 0 Å². The van der Waals surface area contributed by atoms with Crippen molar-refractivity contribution in [3.05, 3.63) is 75.8 Å². The fraction of sp³-hybridized carbons (Fsp3) is 0.190. The van der Waals surface area contributed by atoms with Crippen LogP contribution >= 0.6 is 23.2 Å². The van der Waals surface area contributed by atoms with E-state index in [9.17, 15) is 26.4 Å². The van der Waals surface area contributed by atoms with Gasteiger partial charge in [0, 0.05) is 18.9 Å². The second kappa shape index (κ2) is 9.05. The number of aromatic nitrogens is 2. The van der Waals surface area contributed by atoms with E-state index in [-0.39, 0.29) is 16.4 Å². The van der Waals surface area contributed by atoms with Gasteiger partial charge in [0.15, 0.2) is 5.69 Å². The van der Waals surface area contributed by atoms with E-state index in [1.807, 2.05) is 0 Å². The minimum Gasteiger partial charge on any atom is -0.305 e. The van der Waals surface area contributed by atoms with Gasteiger partial charge < -0.3 is 4.90 Å². The van der Waals surface area contributed by atoms with Crippen molar-refractivity contribution in [2.45, 2.75) is 23.9 Å². The number of fused-ring (bicyclic) bond motifs is 1. The predicted molar refractivity (Wildman–Crippen MR) is 121 cm³/mol. The van der Waals surface area contributed by atoms with E-state index in [0.29, 0.717) is 36.8 Å². The lowest BCUT2D eigenvalue weighted by Crippen LogP contribution is -2.37.